The van der Waals surface area contributed by atoms with Gasteiger partial charge in [0.15, 0.2) is 0 Å². The van der Waals surface area contributed by atoms with Gasteiger partial charge in [-0.1, -0.05) is 30.3 Å². The van der Waals surface area contributed by atoms with Crippen molar-refractivity contribution in [3.8, 4) is 0 Å². The number of thiophene rings is 1. The fraction of sp³-hybridized carbons (Fsp3) is 0.235. The summed E-state index contributed by atoms with van der Waals surface area (Å²) in [4.78, 5) is 37.0. The number of benzene rings is 1. The lowest BCUT2D eigenvalue weighted by molar-refractivity contribution is -0.121. The summed E-state index contributed by atoms with van der Waals surface area (Å²) in [6, 6.07) is 11.2. The molecule has 3 rings (SSSR count). The standard InChI is InChI=1S/C17H17N3O3S/c1-2-19-16(22)15-13(8-9-24-15)20(17(19)23)11-14(21)18-10-12-6-4-3-5-7-12/h3-9H,2,10-11H2,1H3,(H,18,21). The molecule has 1 aromatic carbocycles. The van der Waals surface area contributed by atoms with Crippen LogP contribution in [0.5, 0.6) is 0 Å². The van der Waals surface area contributed by atoms with Crippen LogP contribution in [0.25, 0.3) is 10.2 Å². The molecule has 124 valence electrons. The molecule has 0 aliphatic heterocycles. The molecule has 0 saturated carbocycles. The van der Waals surface area contributed by atoms with E-state index in [1.165, 1.54) is 15.9 Å². The van der Waals surface area contributed by atoms with Crippen LogP contribution in [0.2, 0.25) is 0 Å². The van der Waals surface area contributed by atoms with Gasteiger partial charge >= 0.3 is 5.69 Å². The first-order chi connectivity index (χ1) is 11.6. The van der Waals surface area contributed by atoms with Gasteiger partial charge < -0.3 is 5.32 Å². The maximum atomic E-state index is 12.5. The summed E-state index contributed by atoms with van der Waals surface area (Å²) in [6.07, 6.45) is 0. The Morgan fingerprint density at radius 3 is 2.58 bits per heavy atom. The van der Waals surface area contributed by atoms with Crippen LogP contribution in [0, 0.1) is 0 Å². The Hall–Kier alpha value is -2.67. The number of carbonyl (C=O) groups is 1. The Labute approximate surface area is 142 Å². The molecule has 0 saturated heterocycles. The Balaban J connectivity index is 1.87. The quantitative estimate of drug-likeness (QED) is 0.764. The van der Waals surface area contributed by atoms with Crippen molar-refractivity contribution in [2.45, 2.75) is 26.6 Å². The number of hydrogen-bond acceptors (Lipinski definition) is 4. The molecule has 0 aliphatic carbocycles. The first-order valence-electron chi connectivity index (χ1n) is 7.63. The monoisotopic (exact) mass is 343 g/mol. The third-order valence-corrected chi connectivity index (χ3v) is 4.68. The third kappa shape index (κ3) is 3.03. The van der Waals surface area contributed by atoms with Crippen molar-refractivity contribution in [3.05, 3.63) is 68.2 Å². The summed E-state index contributed by atoms with van der Waals surface area (Å²) in [7, 11) is 0. The highest BCUT2D eigenvalue weighted by atomic mass is 32.1. The van der Waals surface area contributed by atoms with Gasteiger partial charge in [0, 0.05) is 13.1 Å². The minimum absolute atomic E-state index is 0.112. The minimum Gasteiger partial charge on any atom is -0.350 e. The number of carbonyl (C=O) groups excluding carboxylic acids is 1. The van der Waals surface area contributed by atoms with Crippen LogP contribution < -0.4 is 16.6 Å². The SMILES string of the molecule is CCn1c(=O)c2sccc2n(CC(=O)NCc2ccccc2)c1=O. The highest BCUT2D eigenvalue weighted by molar-refractivity contribution is 7.17. The first kappa shape index (κ1) is 16.2. The van der Waals surface area contributed by atoms with Gasteiger partial charge in [-0.15, -0.1) is 11.3 Å². The summed E-state index contributed by atoms with van der Waals surface area (Å²) in [5, 5.41) is 4.55. The van der Waals surface area contributed by atoms with Crippen LogP contribution in [0.1, 0.15) is 12.5 Å². The van der Waals surface area contributed by atoms with Crippen LogP contribution in [0.15, 0.2) is 51.4 Å². The molecule has 0 aliphatic rings. The number of fused-ring (bicyclic) bond motifs is 1. The molecular weight excluding hydrogens is 326 g/mol. The van der Waals surface area contributed by atoms with Crippen LogP contribution in [-0.4, -0.2) is 15.0 Å². The zero-order valence-electron chi connectivity index (χ0n) is 13.2. The van der Waals surface area contributed by atoms with Crippen LogP contribution in [0.3, 0.4) is 0 Å². The third-order valence-electron chi connectivity index (χ3n) is 3.79. The van der Waals surface area contributed by atoms with Gasteiger partial charge in [-0.3, -0.25) is 18.7 Å². The lowest BCUT2D eigenvalue weighted by Crippen LogP contribution is -2.41. The smallest absolute Gasteiger partial charge is 0.331 e. The van der Waals surface area contributed by atoms with E-state index in [-0.39, 0.29) is 24.6 Å². The van der Waals surface area contributed by atoms with Gasteiger partial charge in [0.05, 0.1) is 5.52 Å². The lowest BCUT2D eigenvalue weighted by atomic mass is 10.2. The number of hydrogen-bond donors (Lipinski definition) is 1. The number of amides is 1. The van der Waals surface area contributed by atoms with E-state index < -0.39 is 5.69 Å². The summed E-state index contributed by atoms with van der Waals surface area (Å²) in [5.74, 6) is -0.269. The maximum Gasteiger partial charge on any atom is 0.331 e. The molecule has 3 aromatic rings. The van der Waals surface area contributed by atoms with Crippen molar-refractivity contribution >= 4 is 27.5 Å². The molecule has 1 amide bonds. The molecule has 24 heavy (non-hydrogen) atoms. The summed E-state index contributed by atoms with van der Waals surface area (Å²) >= 11 is 1.28. The lowest BCUT2D eigenvalue weighted by Gasteiger charge is -2.11. The van der Waals surface area contributed by atoms with Crippen molar-refractivity contribution < 1.29 is 4.79 Å². The topological polar surface area (TPSA) is 73.1 Å². The average Bonchev–Trinajstić information content (AvgIpc) is 3.08. The molecule has 1 N–H and O–H groups in total. The number of aromatic nitrogens is 2. The Bertz CT molecular complexity index is 986. The van der Waals surface area contributed by atoms with E-state index in [2.05, 4.69) is 5.32 Å². The second-order valence-electron chi connectivity index (χ2n) is 5.32. The Kier molecular flexibility index (Phi) is 4.61. The van der Waals surface area contributed by atoms with Gasteiger partial charge in [-0.2, -0.15) is 0 Å². The summed E-state index contributed by atoms with van der Waals surface area (Å²) in [6.45, 7) is 2.30. The molecule has 0 fully saturated rings. The second-order valence-corrected chi connectivity index (χ2v) is 6.23. The molecule has 0 radical (unpaired) electrons. The largest absolute Gasteiger partial charge is 0.350 e. The molecule has 0 bridgehead atoms. The number of rotatable bonds is 5. The van der Waals surface area contributed by atoms with Crippen molar-refractivity contribution in [2.75, 3.05) is 0 Å². The fourth-order valence-corrected chi connectivity index (χ4v) is 3.40. The molecule has 7 heteroatoms. The van der Waals surface area contributed by atoms with E-state index >= 15 is 0 Å². The number of nitrogens with one attached hydrogen (secondary N) is 1. The van der Waals surface area contributed by atoms with Gasteiger partial charge in [-0.05, 0) is 23.9 Å². The van der Waals surface area contributed by atoms with E-state index in [0.29, 0.717) is 16.8 Å². The maximum absolute atomic E-state index is 12.5. The molecule has 2 aromatic heterocycles. The molecule has 2 heterocycles. The van der Waals surface area contributed by atoms with E-state index in [1.54, 1.807) is 18.4 Å². The molecule has 6 nitrogen and oxygen atoms in total. The molecule has 0 spiro atoms. The highest BCUT2D eigenvalue weighted by Crippen LogP contribution is 2.15. The normalized spacial score (nSPS) is 10.9. The minimum atomic E-state index is -0.455. The van der Waals surface area contributed by atoms with Crippen molar-refractivity contribution in [1.82, 2.24) is 14.5 Å². The highest BCUT2D eigenvalue weighted by Gasteiger charge is 2.15. The number of nitrogens with zero attached hydrogens (tertiary/aromatic N) is 2. The van der Waals surface area contributed by atoms with Crippen molar-refractivity contribution in [1.29, 1.82) is 0 Å². The Morgan fingerprint density at radius 1 is 1.12 bits per heavy atom. The van der Waals surface area contributed by atoms with Crippen LogP contribution in [0.4, 0.5) is 0 Å². The molecule has 0 atom stereocenters. The average molecular weight is 343 g/mol. The van der Waals surface area contributed by atoms with E-state index in [9.17, 15) is 14.4 Å². The van der Waals surface area contributed by atoms with E-state index in [1.807, 2.05) is 30.3 Å². The Morgan fingerprint density at radius 2 is 1.88 bits per heavy atom. The molecular formula is C17H17N3O3S. The summed E-state index contributed by atoms with van der Waals surface area (Å²) in [5.41, 5.74) is 0.740. The van der Waals surface area contributed by atoms with E-state index in [0.717, 1.165) is 10.1 Å². The zero-order valence-corrected chi connectivity index (χ0v) is 14.0. The van der Waals surface area contributed by atoms with Gasteiger partial charge in [-0.25, -0.2) is 4.79 Å². The molecule has 0 unspecified atom stereocenters. The first-order valence-corrected chi connectivity index (χ1v) is 8.51. The van der Waals surface area contributed by atoms with Crippen LogP contribution in [-0.2, 0) is 24.4 Å². The van der Waals surface area contributed by atoms with Gasteiger partial charge in [0.1, 0.15) is 11.2 Å². The van der Waals surface area contributed by atoms with Crippen molar-refractivity contribution in [3.63, 3.8) is 0 Å². The zero-order chi connectivity index (χ0) is 17.1. The fourth-order valence-electron chi connectivity index (χ4n) is 2.56. The predicted molar refractivity (Wildman–Crippen MR) is 94.3 cm³/mol. The summed E-state index contributed by atoms with van der Waals surface area (Å²) < 4.78 is 3.01. The van der Waals surface area contributed by atoms with E-state index in [4.69, 9.17) is 0 Å². The second kappa shape index (κ2) is 6.84. The predicted octanol–water partition coefficient (Wildman–Crippen LogP) is 1.56. The van der Waals surface area contributed by atoms with Crippen molar-refractivity contribution in [2.24, 2.45) is 0 Å². The van der Waals surface area contributed by atoms with Crippen LogP contribution >= 0.6 is 11.3 Å². The van der Waals surface area contributed by atoms with Gasteiger partial charge in [0.25, 0.3) is 5.56 Å². The van der Waals surface area contributed by atoms with Gasteiger partial charge in [0.2, 0.25) is 5.91 Å².